The van der Waals surface area contributed by atoms with Crippen molar-refractivity contribution in [2.24, 2.45) is 0 Å². The maximum Gasteiger partial charge on any atom is 0.242 e. The average molecular weight is 388 g/mol. The number of pyridine rings is 1. The highest BCUT2D eigenvalue weighted by molar-refractivity contribution is 7.89. The minimum Gasteiger partial charge on any atom is -0.384 e. The first-order valence-electron chi connectivity index (χ1n) is 8.72. The van der Waals surface area contributed by atoms with Crippen LogP contribution in [0.4, 0.5) is 0 Å². The van der Waals surface area contributed by atoms with Crippen LogP contribution in [0.25, 0.3) is 11.0 Å². The fourth-order valence-corrected chi connectivity index (χ4v) is 3.90. The molecule has 1 aromatic carbocycles. The number of aliphatic hydroxyl groups is 1. The van der Waals surface area contributed by atoms with Gasteiger partial charge in [0.2, 0.25) is 10.0 Å². The first kappa shape index (κ1) is 19.5. The number of nitrogens with one attached hydrogen (secondary N) is 1. The van der Waals surface area contributed by atoms with Crippen LogP contribution in [0.15, 0.2) is 41.3 Å². The van der Waals surface area contributed by atoms with E-state index in [1.807, 2.05) is 31.2 Å². The Hall–Kier alpha value is -2.22. The molecule has 0 aliphatic heterocycles. The van der Waals surface area contributed by atoms with Crippen LogP contribution in [-0.4, -0.2) is 41.9 Å². The monoisotopic (exact) mass is 387 g/mol. The summed E-state index contributed by atoms with van der Waals surface area (Å²) in [6.07, 6.45) is 0.621. The minimum atomic E-state index is -3.43. The van der Waals surface area contributed by atoms with Gasteiger partial charge in [-0.2, -0.15) is 0 Å². The summed E-state index contributed by atoms with van der Waals surface area (Å²) in [7, 11) is -0.397. The molecule has 0 radical (unpaired) electrons. The largest absolute Gasteiger partial charge is 0.384 e. The minimum absolute atomic E-state index is 0.273. The smallest absolute Gasteiger partial charge is 0.242 e. The third-order valence-electron chi connectivity index (χ3n) is 4.67. The predicted octanol–water partition coefficient (Wildman–Crippen LogP) is 2.94. The van der Waals surface area contributed by atoms with Crippen molar-refractivity contribution in [3.05, 3.63) is 58.9 Å². The highest BCUT2D eigenvalue weighted by atomic mass is 32.2. The molecule has 0 aliphatic rings. The Balaban J connectivity index is 1.98. The molecule has 2 heterocycles. The number of H-pyrrole nitrogens is 1. The Morgan fingerprint density at radius 1 is 1.11 bits per heavy atom. The van der Waals surface area contributed by atoms with Crippen molar-refractivity contribution in [3.63, 3.8) is 0 Å². The zero-order valence-corrected chi connectivity index (χ0v) is 17.1. The summed E-state index contributed by atoms with van der Waals surface area (Å²) < 4.78 is 25.6. The van der Waals surface area contributed by atoms with Crippen molar-refractivity contribution in [1.82, 2.24) is 14.3 Å². The van der Waals surface area contributed by atoms with Gasteiger partial charge in [0.15, 0.2) is 0 Å². The van der Waals surface area contributed by atoms with Crippen LogP contribution in [0.5, 0.6) is 0 Å². The van der Waals surface area contributed by atoms with Gasteiger partial charge in [-0.15, -0.1) is 0 Å². The number of aryl methyl sites for hydroxylation is 1. The van der Waals surface area contributed by atoms with E-state index in [1.54, 1.807) is 26.0 Å². The van der Waals surface area contributed by atoms with Gasteiger partial charge in [-0.1, -0.05) is 12.1 Å². The molecule has 0 fully saturated rings. The maximum atomic E-state index is 12.2. The number of aromatic nitrogens is 2. The molecule has 3 aromatic rings. The van der Waals surface area contributed by atoms with Gasteiger partial charge >= 0.3 is 0 Å². The van der Waals surface area contributed by atoms with Crippen LogP contribution < -0.4 is 0 Å². The number of hydrogen-bond donors (Lipinski definition) is 2. The molecule has 3 rings (SSSR count). The second-order valence-electron chi connectivity index (χ2n) is 7.49. The van der Waals surface area contributed by atoms with E-state index in [0.717, 1.165) is 27.9 Å². The number of nitrogens with zero attached hydrogens (tertiary/aromatic N) is 2. The summed E-state index contributed by atoms with van der Waals surface area (Å²) >= 11 is 0. The Morgan fingerprint density at radius 3 is 2.30 bits per heavy atom. The molecule has 7 heteroatoms. The van der Waals surface area contributed by atoms with Gasteiger partial charge in [-0.05, 0) is 50.6 Å². The van der Waals surface area contributed by atoms with Gasteiger partial charge in [0, 0.05) is 31.8 Å². The number of hydrogen-bond acceptors (Lipinski definition) is 4. The molecular formula is C20H25N3O3S. The highest BCUT2D eigenvalue weighted by Crippen LogP contribution is 2.27. The molecular weight excluding hydrogens is 362 g/mol. The van der Waals surface area contributed by atoms with Gasteiger partial charge < -0.3 is 10.1 Å². The van der Waals surface area contributed by atoms with Crippen LogP contribution in [0.1, 0.15) is 36.4 Å². The van der Waals surface area contributed by atoms with E-state index in [4.69, 9.17) is 0 Å². The summed E-state index contributed by atoms with van der Waals surface area (Å²) in [6.45, 7) is 5.42. The molecule has 0 aliphatic carbocycles. The van der Waals surface area contributed by atoms with Crippen molar-refractivity contribution in [1.29, 1.82) is 0 Å². The SMILES string of the molecule is Cc1[nH]c2ccc(C(C)(C)O)nc2c1Cc1ccc(S(=O)(=O)N(C)C)cc1. The Morgan fingerprint density at radius 2 is 1.74 bits per heavy atom. The summed E-state index contributed by atoms with van der Waals surface area (Å²) in [4.78, 5) is 8.26. The summed E-state index contributed by atoms with van der Waals surface area (Å²) in [5.41, 5.74) is 4.39. The standard InChI is InChI=1S/C20H25N3O3S/c1-13-16(19-17(21-13)10-11-18(22-19)20(2,3)24)12-14-6-8-15(9-7-14)27(25,26)23(4)5/h6-11,21,24H,12H2,1-5H3. The zero-order chi connectivity index (χ0) is 20.0. The number of benzene rings is 1. The number of fused-ring (bicyclic) bond motifs is 1. The van der Waals surface area contributed by atoms with Crippen molar-refractivity contribution in [2.75, 3.05) is 14.1 Å². The molecule has 6 nitrogen and oxygen atoms in total. The van der Waals surface area contributed by atoms with E-state index in [1.165, 1.54) is 18.4 Å². The molecule has 0 amide bonds. The maximum absolute atomic E-state index is 12.2. The molecule has 0 saturated heterocycles. The lowest BCUT2D eigenvalue weighted by Gasteiger charge is -2.16. The first-order chi connectivity index (χ1) is 12.5. The van der Waals surface area contributed by atoms with Crippen LogP contribution in [0, 0.1) is 6.92 Å². The van der Waals surface area contributed by atoms with Gasteiger partial charge in [-0.25, -0.2) is 17.7 Å². The normalized spacial score (nSPS) is 12.9. The molecule has 2 N–H and O–H groups in total. The summed E-state index contributed by atoms with van der Waals surface area (Å²) in [5.74, 6) is 0. The first-order valence-corrected chi connectivity index (χ1v) is 10.2. The van der Waals surface area contributed by atoms with E-state index in [0.29, 0.717) is 12.1 Å². The molecule has 0 spiro atoms. The van der Waals surface area contributed by atoms with Gasteiger partial charge in [-0.3, -0.25) is 0 Å². The second kappa shape index (κ2) is 6.74. The van der Waals surface area contributed by atoms with E-state index < -0.39 is 15.6 Å². The topological polar surface area (TPSA) is 86.3 Å². The number of rotatable bonds is 5. The Bertz CT molecular complexity index is 1080. The summed E-state index contributed by atoms with van der Waals surface area (Å²) in [5, 5.41) is 10.3. The van der Waals surface area contributed by atoms with E-state index >= 15 is 0 Å². The van der Waals surface area contributed by atoms with Crippen molar-refractivity contribution in [2.45, 2.75) is 37.7 Å². The van der Waals surface area contributed by atoms with Crippen LogP contribution in [-0.2, 0) is 22.0 Å². The van der Waals surface area contributed by atoms with Crippen molar-refractivity contribution < 1.29 is 13.5 Å². The highest BCUT2D eigenvalue weighted by Gasteiger charge is 2.20. The van der Waals surface area contributed by atoms with Gasteiger partial charge in [0.05, 0.1) is 21.6 Å². The van der Waals surface area contributed by atoms with E-state index in [-0.39, 0.29) is 4.90 Å². The second-order valence-corrected chi connectivity index (χ2v) is 9.64. The molecule has 2 aromatic heterocycles. The fourth-order valence-electron chi connectivity index (χ4n) is 3.00. The van der Waals surface area contributed by atoms with Crippen molar-refractivity contribution in [3.8, 4) is 0 Å². The molecule has 0 unspecified atom stereocenters. The molecule has 144 valence electrons. The van der Waals surface area contributed by atoms with Crippen LogP contribution >= 0.6 is 0 Å². The average Bonchev–Trinajstić information content (AvgIpc) is 2.89. The third kappa shape index (κ3) is 3.76. The molecule has 27 heavy (non-hydrogen) atoms. The fraction of sp³-hybridized carbons (Fsp3) is 0.350. The summed E-state index contributed by atoms with van der Waals surface area (Å²) in [6, 6.07) is 10.7. The Labute approximate surface area is 159 Å². The Kier molecular flexibility index (Phi) is 4.88. The van der Waals surface area contributed by atoms with Gasteiger partial charge in [0.1, 0.15) is 5.60 Å². The molecule has 0 atom stereocenters. The van der Waals surface area contributed by atoms with Crippen molar-refractivity contribution >= 4 is 21.1 Å². The third-order valence-corrected chi connectivity index (χ3v) is 6.49. The lowest BCUT2D eigenvalue weighted by Crippen LogP contribution is -2.22. The number of sulfonamides is 1. The molecule has 0 bridgehead atoms. The molecule has 0 saturated carbocycles. The predicted molar refractivity (Wildman–Crippen MR) is 106 cm³/mol. The van der Waals surface area contributed by atoms with Gasteiger partial charge in [0.25, 0.3) is 0 Å². The lowest BCUT2D eigenvalue weighted by molar-refractivity contribution is 0.0742. The van der Waals surface area contributed by atoms with E-state index in [9.17, 15) is 13.5 Å². The van der Waals surface area contributed by atoms with E-state index in [2.05, 4.69) is 9.97 Å². The quantitative estimate of drug-likeness (QED) is 0.705. The van der Waals surface area contributed by atoms with Crippen LogP contribution in [0.3, 0.4) is 0 Å². The lowest BCUT2D eigenvalue weighted by atomic mass is 10.0. The van der Waals surface area contributed by atoms with Crippen LogP contribution in [0.2, 0.25) is 0 Å². The number of aromatic amines is 1. The zero-order valence-electron chi connectivity index (χ0n) is 16.2.